The number of rotatable bonds is 4. The van der Waals surface area contributed by atoms with E-state index in [1.54, 1.807) is 37.2 Å². The average molecular weight is 517 g/mol. The number of piperidine rings is 1. The van der Waals surface area contributed by atoms with Gasteiger partial charge >= 0.3 is 6.09 Å². The number of hydrogen-bond donors (Lipinski definition) is 1. The van der Waals surface area contributed by atoms with Gasteiger partial charge in [0.25, 0.3) is 5.91 Å². The number of fused-ring (bicyclic) bond motifs is 1. The minimum Gasteiger partial charge on any atom is -0.485 e. The molecule has 2 aliphatic rings. The second-order valence-electron chi connectivity index (χ2n) is 10.1. The molecular formula is C25H33ClN6O4. The Morgan fingerprint density at radius 2 is 1.89 bits per heavy atom. The van der Waals surface area contributed by atoms with Crippen molar-refractivity contribution in [1.82, 2.24) is 19.8 Å². The van der Waals surface area contributed by atoms with Crippen molar-refractivity contribution >= 4 is 40.9 Å². The summed E-state index contributed by atoms with van der Waals surface area (Å²) in [7, 11) is 3.39. The predicted octanol–water partition coefficient (Wildman–Crippen LogP) is 4.17. The van der Waals surface area contributed by atoms with Crippen molar-refractivity contribution in [2.45, 2.75) is 45.3 Å². The summed E-state index contributed by atoms with van der Waals surface area (Å²) in [5.41, 5.74) is 0.599. The van der Waals surface area contributed by atoms with Crippen LogP contribution >= 0.6 is 11.6 Å². The zero-order chi connectivity index (χ0) is 26.0. The lowest BCUT2D eigenvalue weighted by atomic mass is 10.0. The maximum atomic E-state index is 12.4. The van der Waals surface area contributed by atoms with Gasteiger partial charge in [-0.2, -0.15) is 0 Å². The molecule has 0 radical (unpaired) electrons. The van der Waals surface area contributed by atoms with Crippen LogP contribution in [-0.2, 0) is 4.74 Å². The quantitative estimate of drug-likeness (QED) is 0.646. The summed E-state index contributed by atoms with van der Waals surface area (Å²) in [6.45, 7) is 8.05. The van der Waals surface area contributed by atoms with Gasteiger partial charge in [0, 0.05) is 38.8 Å². The maximum Gasteiger partial charge on any atom is 0.410 e. The summed E-state index contributed by atoms with van der Waals surface area (Å²) in [4.78, 5) is 39.1. The summed E-state index contributed by atoms with van der Waals surface area (Å²) in [6, 6.07) is 5.32. The molecule has 0 aliphatic carbocycles. The number of halogens is 1. The fraction of sp³-hybridized carbons (Fsp3) is 0.520. The standard InChI is InChI=1S/C25H33ClN6O4/c1-25(2,3)36-24(34)31-10-8-17(9-11-31)32-12-13-35-20-21(27-15-28-22(20)32)29-19-7-6-16(14-18(19)26)23(33)30(4)5/h6-7,14-15,17H,8-13H2,1-5H3,(H,27,28,29). The number of aromatic nitrogens is 2. The van der Waals surface area contributed by atoms with Crippen LogP contribution in [0.4, 0.5) is 22.1 Å². The van der Waals surface area contributed by atoms with E-state index in [0.717, 1.165) is 12.8 Å². The van der Waals surface area contributed by atoms with Crippen molar-refractivity contribution in [3.8, 4) is 5.75 Å². The molecule has 10 nitrogen and oxygen atoms in total. The molecule has 11 heteroatoms. The highest BCUT2D eigenvalue weighted by molar-refractivity contribution is 6.33. The molecule has 1 saturated heterocycles. The van der Waals surface area contributed by atoms with Gasteiger partial charge in [0.2, 0.25) is 5.75 Å². The summed E-state index contributed by atoms with van der Waals surface area (Å²) in [6.07, 6.45) is 2.83. The Kier molecular flexibility index (Phi) is 7.44. The van der Waals surface area contributed by atoms with Crippen LogP contribution in [0.3, 0.4) is 0 Å². The normalized spacial score (nSPS) is 16.2. The fourth-order valence-corrected chi connectivity index (χ4v) is 4.55. The number of likely N-dealkylation sites (tertiary alicyclic amines) is 1. The van der Waals surface area contributed by atoms with E-state index in [1.807, 2.05) is 20.8 Å². The summed E-state index contributed by atoms with van der Waals surface area (Å²) < 4.78 is 11.5. The summed E-state index contributed by atoms with van der Waals surface area (Å²) in [5.74, 6) is 1.65. The van der Waals surface area contributed by atoms with Crippen molar-refractivity contribution in [3.63, 3.8) is 0 Å². The molecule has 2 amide bonds. The van der Waals surface area contributed by atoms with E-state index in [-0.39, 0.29) is 18.0 Å². The van der Waals surface area contributed by atoms with Crippen LogP contribution in [0.25, 0.3) is 0 Å². The molecule has 194 valence electrons. The van der Waals surface area contributed by atoms with Crippen LogP contribution < -0.4 is 15.0 Å². The van der Waals surface area contributed by atoms with E-state index < -0.39 is 5.60 Å². The molecule has 0 spiro atoms. The number of carbonyl (C=O) groups excluding carboxylic acids is 2. The minimum absolute atomic E-state index is 0.125. The summed E-state index contributed by atoms with van der Waals surface area (Å²) >= 11 is 6.47. The van der Waals surface area contributed by atoms with Gasteiger partial charge in [-0.1, -0.05) is 11.6 Å². The number of benzene rings is 1. The van der Waals surface area contributed by atoms with E-state index in [9.17, 15) is 9.59 Å². The Morgan fingerprint density at radius 1 is 1.17 bits per heavy atom. The molecular weight excluding hydrogens is 484 g/mol. The van der Waals surface area contributed by atoms with E-state index in [0.29, 0.717) is 59.9 Å². The van der Waals surface area contributed by atoms with Crippen molar-refractivity contribution in [1.29, 1.82) is 0 Å². The molecule has 3 heterocycles. The molecule has 2 aliphatic heterocycles. The summed E-state index contributed by atoms with van der Waals surface area (Å²) in [5, 5.41) is 3.63. The first-order valence-corrected chi connectivity index (χ1v) is 12.4. The Hall–Kier alpha value is -3.27. The van der Waals surface area contributed by atoms with E-state index in [1.165, 1.54) is 11.2 Å². The number of ether oxygens (including phenoxy) is 2. The highest BCUT2D eigenvalue weighted by Gasteiger charge is 2.33. The number of hydrogen-bond acceptors (Lipinski definition) is 8. The number of amides is 2. The molecule has 0 unspecified atom stereocenters. The Balaban J connectivity index is 1.48. The van der Waals surface area contributed by atoms with Crippen LogP contribution in [0.5, 0.6) is 5.75 Å². The monoisotopic (exact) mass is 516 g/mol. The lowest BCUT2D eigenvalue weighted by molar-refractivity contribution is 0.0203. The zero-order valence-corrected chi connectivity index (χ0v) is 22.1. The van der Waals surface area contributed by atoms with Gasteiger partial charge in [-0.15, -0.1) is 0 Å². The molecule has 1 N–H and O–H groups in total. The Bertz CT molecular complexity index is 1130. The largest absolute Gasteiger partial charge is 0.485 e. The van der Waals surface area contributed by atoms with Gasteiger partial charge in [0.05, 0.1) is 17.3 Å². The van der Waals surface area contributed by atoms with Crippen LogP contribution in [-0.4, -0.2) is 83.7 Å². The molecule has 36 heavy (non-hydrogen) atoms. The van der Waals surface area contributed by atoms with Gasteiger partial charge in [0.1, 0.15) is 18.5 Å². The Labute approximate surface area is 216 Å². The first-order chi connectivity index (χ1) is 17.0. The van der Waals surface area contributed by atoms with E-state index >= 15 is 0 Å². The molecule has 0 bridgehead atoms. The zero-order valence-electron chi connectivity index (χ0n) is 21.4. The molecule has 2 aromatic rings. The van der Waals surface area contributed by atoms with Crippen LogP contribution in [0, 0.1) is 0 Å². The minimum atomic E-state index is -0.511. The van der Waals surface area contributed by atoms with Gasteiger partial charge in [0.15, 0.2) is 11.6 Å². The first kappa shape index (κ1) is 25.8. The smallest absolute Gasteiger partial charge is 0.410 e. The predicted molar refractivity (Wildman–Crippen MR) is 138 cm³/mol. The average Bonchev–Trinajstić information content (AvgIpc) is 2.83. The highest BCUT2D eigenvalue weighted by Crippen LogP contribution is 2.39. The highest BCUT2D eigenvalue weighted by atomic mass is 35.5. The number of nitrogens with one attached hydrogen (secondary N) is 1. The third-order valence-electron chi connectivity index (χ3n) is 6.07. The van der Waals surface area contributed by atoms with Crippen LogP contribution in [0.1, 0.15) is 44.0 Å². The first-order valence-electron chi connectivity index (χ1n) is 12.0. The lowest BCUT2D eigenvalue weighted by Crippen LogP contribution is -2.50. The molecule has 0 atom stereocenters. The third kappa shape index (κ3) is 5.75. The Morgan fingerprint density at radius 3 is 2.53 bits per heavy atom. The second-order valence-corrected chi connectivity index (χ2v) is 10.5. The fourth-order valence-electron chi connectivity index (χ4n) is 4.32. The number of nitrogens with zero attached hydrogens (tertiary/aromatic N) is 5. The molecule has 1 fully saturated rings. The van der Waals surface area contributed by atoms with E-state index in [4.69, 9.17) is 21.1 Å². The van der Waals surface area contributed by atoms with Crippen LogP contribution in [0.15, 0.2) is 24.5 Å². The molecule has 1 aromatic heterocycles. The van der Waals surface area contributed by atoms with Gasteiger partial charge in [-0.25, -0.2) is 14.8 Å². The SMILES string of the molecule is CN(C)C(=O)c1ccc(Nc2ncnc3c2OCCN3C2CCN(C(=O)OC(C)(C)C)CC2)c(Cl)c1. The second kappa shape index (κ2) is 10.4. The number of carbonyl (C=O) groups is 2. The van der Waals surface area contributed by atoms with Crippen molar-refractivity contribution in [2.75, 3.05) is 50.6 Å². The van der Waals surface area contributed by atoms with Gasteiger partial charge < -0.3 is 29.5 Å². The van der Waals surface area contributed by atoms with Crippen molar-refractivity contribution < 1.29 is 19.1 Å². The van der Waals surface area contributed by atoms with Crippen LogP contribution in [0.2, 0.25) is 5.02 Å². The van der Waals surface area contributed by atoms with Gasteiger partial charge in [-0.05, 0) is 51.8 Å². The molecule has 0 saturated carbocycles. The topological polar surface area (TPSA) is 100 Å². The maximum absolute atomic E-state index is 12.4. The van der Waals surface area contributed by atoms with Crippen molar-refractivity contribution in [2.24, 2.45) is 0 Å². The van der Waals surface area contributed by atoms with E-state index in [2.05, 4.69) is 20.2 Å². The van der Waals surface area contributed by atoms with Crippen molar-refractivity contribution in [3.05, 3.63) is 35.1 Å². The lowest BCUT2D eigenvalue weighted by Gasteiger charge is -2.41. The molecule has 1 aromatic carbocycles. The number of anilines is 3. The third-order valence-corrected chi connectivity index (χ3v) is 6.38. The van der Waals surface area contributed by atoms with Gasteiger partial charge in [-0.3, -0.25) is 4.79 Å². The molecule has 4 rings (SSSR count).